The lowest BCUT2D eigenvalue weighted by atomic mass is 10.1. The van der Waals surface area contributed by atoms with Gasteiger partial charge in [0.05, 0.1) is 0 Å². The fourth-order valence-electron chi connectivity index (χ4n) is 2.84. The Morgan fingerprint density at radius 2 is 1.92 bits per heavy atom. The summed E-state index contributed by atoms with van der Waals surface area (Å²) >= 11 is 0. The second kappa shape index (κ2) is 6.70. The van der Waals surface area contributed by atoms with Crippen LogP contribution in [0.25, 0.3) is 0 Å². The molecule has 0 spiro atoms. The van der Waals surface area contributed by atoms with Crippen molar-refractivity contribution in [1.29, 1.82) is 0 Å². The topological polar surface area (TPSA) is 58.6 Å². The summed E-state index contributed by atoms with van der Waals surface area (Å²) in [5, 5.41) is 2.58. The maximum Gasteiger partial charge on any atom is 0.265 e. The smallest absolute Gasteiger partial charge is 0.265 e. The second-order valence-corrected chi connectivity index (χ2v) is 5.45. The predicted octanol–water partition coefficient (Wildman–Crippen LogP) is 1.91. The number of hydrogen-bond donors (Lipinski definition) is 1. The zero-order valence-corrected chi connectivity index (χ0v) is 13.2. The molecule has 3 rings (SSSR count). The molecule has 2 aromatic rings. The van der Waals surface area contributed by atoms with E-state index in [9.17, 15) is 14.0 Å². The Hall–Kier alpha value is -2.89. The first-order valence-corrected chi connectivity index (χ1v) is 7.60. The zero-order valence-electron chi connectivity index (χ0n) is 13.2. The van der Waals surface area contributed by atoms with Gasteiger partial charge in [-0.2, -0.15) is 0 Å². The summed E-state index contributed by atoms with van der Waals surface area (Å²) in [5.74, 6) is -1.16. The van der Waals surface area contributed by atoms with Gasteiger partial charge in [0.1, 0.15) is 6.04 Å². The molecule has 1 N–H and O–H groups in total. The van der Waals surface area contributed by atoms with Gasteiger partial charge in [0.25, 0.3) is 5.91 Å². The van der Waals surface area contributed by atoms with Crippen molar-refractivity contribution in [2.24, 2.45) is 0 Å². The molecule has 24 heavy (non-hydrogen) atoms. The van der Waals surface area contributed by atoms with E-state index in [-0.39, 0.29) is 18.3 Å². The fourth-order valence-corrected chi connectivity index (χ4v) is 2.84. The molecule has 1 aliphatic rings. The number of ether oxygens (including phenoxy) is 1. The molecule has 0 saturated heterocycles. The zero-order chi connectivity index (χ0) is 17.1. The highest BCUT2D eigenvalue weighted by atomic mass is 19.1. The Kier molecular flexibility index (Phi) is 4.46. The molecule has 1 atom stereocenters. The van der Waals surface area contributed by atoms with E-state index in [0.717, 1.165) is 5.56 Å². The lowest BCUT2D eigenvalue weighted by Crippen LogP contribution is -2.48. The van der Waals surface area contributed by atoms with E-state index in [1.807, 2.05) is 18.2 Å². The number of hydrogen-bond acceptors (Lipinski definition) is 3. The van der Waals surface area contributed by atoms with Gasteiger partial charge >= 0.3 is 0 Å². The van der Waals surface area contributed by atoms with E-state index in [1.165, 1.54) is 24.1 Å². The molecule has 0 bridgehead atoms. The van der Waals surface area contributed by atoms with Crippen molar-refractivity contribution >= 4 is 17.5 Å². The van der Waals surface area contributed by atoms with Gasteiger partial charge in [-0.25, -0.2) is 4.39 Å². The molecule has 0 aromatic heterocycles. The molecule has 0 aliphatic carbocycles. The number of rotatable bonds is 4. The van der Waals surface area contributed by atoms with Gasteiger partial charge in [-0.15, -0.1) is 0 Å². The maximum atomic E-state index is 13.6. The molecular formula is C18H17FN2O3. The first-order valence-electron chi connectivity index (χ1n) is 7.60. The van der Waals surface area contributed by atoms with Crippen LogP contribution >= 0.6 is 0 Å². The van der Waals surface area contributed by atoms with Crippen molar-refractivity contribution in [2.75, 3.05) is 18.6 Å². The van der Waals surface area contributed by atoms with Crippen LogP contribution in [0.3, 0.4) is 0 Å². The van der Waals surface area contributed by atoms with Gasteiger partial charge in [0, 0.05) is 19.2 Å². The lowest BCUT2D eigenvalue weighted by Gasteiger charge is -2.24. The van der Waals surface area contributed by atoms with Crippen LogP contribution < -0.4 is 15.0 Å². The van der Waals surface area contributed by atoms with E-state index in [0.29, 0.717) is 12.1 Å². The third-order valence-corrected chi connectivity index (χ3v) is 3.98. The summed E-state index contributed by atoms with van der Waals surface area (Å²) in [7, 11) is 1.53. The van der Waals surface area contributed by atoms with Crippen molar-refractivity contribution in [1.82, 2.24) is 5.32 Å². The van der Waals surface area contributed by atoms with Crippen LogP contribution in [0, 0.1) is 5.82 Å². The highest BCUT2D eigenvalue weighted by Crippen LogP contribution is 2.32. The SMILES string of the molecule is CNC(=O)C1Cc2ccccc2N1C(=O)COc1ccccc1F. The number of carbonyl (C=O) groups is 2. The summed E-state index contributed by atoms with van der Waals surface area (Å²) in [6.45, 7) is -0.344. The maximum absolute atomic E-state index is 13.6. The summed E-state index contributed by atoms with van der Waals surface area (Å²) in [6, 6.07) is 12.6. The summed E-state index contributed by atoms with van der Waals surface area (Å²) in [6.07, 6.45) is 0.446. The predicted molar refractivity (Wildman–Crippen MR) is 87.4 cm³/mol. The number of para-hydroxylation sites is 2. The standard InChI is InChI=1S/C18H17FN2O3/c1-20-18(23)15-10-12-6-2-4-8-14(12)21(15)17(22)11-24-16-9-5-3-7-13(16)19/h2-9,15H,10-11H2,1H3,(H,20,23). The minimum absolute atomic E-state index is 0.00910. The number of likely N-dealkylation sites (N-methyl/N-ethyl adjacent to an activating group) is 1. The highest BCUT2D eigenvalue weighted by Gasteiger charge is 2.37. The average molecular weight is 328 g/mol. The number of nitrogens with zero attached hydrogens (tertiary/aromatic N) is 1. The van der Waals surface area contributed by atoms with E-state index in [4.69, 9.17) is 4.74 Å². The van der Waals surface area contributed by atoms with E-state index in [2.05, 4.69) is 5.32 Å². The number of benzene rings is 2. The first-order chi connectivity index (χ1) is 11.6. The van der Waals surface area contributed by atoms with Crippen LogP contribution in [0.4, 0.5) is 10.1 Å². The van der Waals surface area contributed by atoms with Crippen LogP contribution in [0.5, 0.6) is 5.75 Å². The Labute approximate surface area is 139 Å². The minimum Gasteiger partial charge on any atom is -0.481 e. The van der Waals surface area contributed by atoms with Gasteiger partial charge in [-0.1, -0.05) is 30.3 Å². The van der Waals surface area contributed by atoms with Gasteiger partial charge in [0.2, 0.25) is 5.91 Å². The Morgan fingerprint density at radius 3 is 2.67 bits per heavy atom. The monoisotopic (exact) mass is 328 g/mol. The number of halogens is 1. The summed E-state index contributed by atoms with van der Waals surface area (Å²) in [5.41, 5.74) is 1.61. The normalized spacial score (nSPS) is 15.8. The fraction of sp³-hybridized carbons (Fsp3) is 0.222. The van der Waals surface area contributed by atoms with Crippen molar-refractivity contribution in [3.05, 3.63) is 59.9 Å². The third kappa shape index (κ3) is 2.95. The van der Waals surface area contributed by atoms with Crippen molar-refractivity contribution in [3.8, 4) is 5.75 Å². The second-order valence-electron chi connectivity index (χ2n) is 5.45. The number of nitrogens with one attached hydrogen (secondary N) is 1. The number of carbonyl (C=O) groups excluding carboxylic acids is 2. The molecule has 124 valence electrons. The number of anilines is 1. The Bertz CT molecular complexity index is 778. The molecule has 0 fully saturated rings. The van der Waals surface area contributed by atoms with Crippen molar-refractivity contribution in [3.63, 3.8) is 0 Å². The van der Waals surface area contributed by atoms with Crippen molar-refractivity contribution in [2.45, 2.75) is 12.5 Å². The summed E-state index contributed by atoms with van der Waals surface area (Å²) in [4.78, 5) is 26.2. The van der Waals surface area contributed by atoms with Gasteiger partial charge in [-0.05, 0) is 23.8 Å². The molecule has 1 heterocycles. The molecule has 2 aromatic carbocycles. The largest absolute Gasteiger partial charge is 0.481 e. The van der Waals surface area contributed by atoms with Gasteiger partial charge in [-0.3, -0.25) is 14.5 Å². The third-order valence-electron chi connectivity index (χ3n) is 3.98. The molecule has 0 saturated carbocycles. The highest BCUT2D eigenvalue weighted by molar-refractivity contribution is 6.04. The summed E-state index contributed by atoms with van der Waals surface area (Å²) < 4.78 is 18.9. The van der Waals surface area contributed by atoms with E-state index in [1.54, 1.807) is 18.2 Å². The molecule has 6 heteroatoms. The minimum atomic E-state index is -0.621. The lowest BCUT2D eigenvalue weighted by molar-refractivity contribution is -0.126. The van der Waals surface area contributed by atoms with Crippen LogP contribution in [0.2, 0.25) is 0 Å². The molecule has 5 nitrogen and oxygen atoms in total. The molecule has 1 unspecified atom stereocenters. The van der Waals surface area contributed by atoms with Gasteiger partial charge in [0.15, 0.2) is 18.2 Å². The van der Waals surface area contributed by atoms with Crippen LogP contribution in [0.15, 0.2) is 48.5 Å². The molecule has 0 radical (unpaired) electrons. The molecule has 2 amide bonds. The quantitative estimate of drug-likeness (QED) is 0.933. The van der Waals surface area contributed by atoms with E-state index < -0.39 is 17.8 Å². The average Bonchev–Trinajstić information content (AvgIpc) is 2.99. The first kappa shape index (κ1) is 16.0. The number of amides is 2. The molecule has 1 aliphatic heterocycles. The van der Waals surface area contributed by atoms with Crippen molar-refractivity contribution < 1.29 is 18.7 Å². The van der Waals surface area contributed by atoms with Crippen LogP contribution in [0.1, 0.15) is 5.56 Å². The van der Waals surface area contributed by atoms with Crippen LogP contribution in [-0.4, -0.2) is 31.5 Å². The van der Waals surface area contributed by atoms with E-state index >= 15 is 0 Å². The van der Waals surface area contributed by atoms with Gasteiger partial charge < -0.3 is 10.1 Å². The van der Waals surface area contributed by atoms with Crippen LogP contribution in [-0.2, 0) is 16.0 Å². The number of fused-ring (bicyclic) bond motifs is 1. The molecular weight excluding hydrogens is 311 g/mol. The Balaban J connectivity index is 1.80. The Morgan fingerprint density at radius 1 is 1.21 bits per heavy atom.